The van der Waals surface area contributed by atoms with Gasteiger partial charge < -0.3 is 20.1 Å². The Morgan fingerprint density at radius 1 is 1.33 bits per heavy atom. The Balaban J connectivity index is 1.68. The quantitative estimate of drug-likeness (QED) is 0.844. The van der Waals surface area contributed by atoms with E-state index in [-0.39, 0.29) is 23.3 Å². The Morgan fingerprint density at radius 3 is 2.62 bits per heavy atom. The standard InChI is InChI=1S/C16H28N2O3/c1-15(2)13-12(6-9-21-13)16(15,17)14(19)18-7-4-11(5-8-18)10-20-3/h11-13H,4-10,17H2,1-3H3. The number of rotatable bonds is 3. The van der Waals surface area contributed by atoms with Gasteiger partial charge in [-0.15, -0.1) is 0 Å². The van der Waals surface area contributed by atoms with Crippen LogP contribution < -0.4 is 5.73 Å². The van der Waals surface area contributed by atoms with Crippen LogP contribution in [-0.2, 0) is 14.3 Å². The Morgan fingerprint density at radius 2 is 2.00 bits per heavy atom. The number of fused-ring (bicyclic) bond motifs is 1. The summed E-state index contributed by atoms with van der Waals surface area (Å²) < 4.78 is 11.0. The van der Waals surface area contributed by atoms with Gasteiger partial charge in [-0.05, 0) is 25.2 Å². The molecule has 1 aliphatic carbocycles. The van der Waals surface area contributed by atoms with Gasteiger partial charge >= 0.3 is 0 Å². The minimum Gasteiger partial charge on any atom is -0.384 e. The van der Waals surface area contributed by atoms with Crippen LogP contribution in [0.25, 0.3) is 0 Å². The van der Waals surface area contributed by atoms with Gasteiger partial charge in [0.2, 0.25) is 5.91 Å². The van der Waals surface area contributed by atoms with E-state index in [2.05, 4.69) is 13.8 Å². The zero-order chi connectivity index (χ0) is 15.3. The second-order valence-corrected chi connectivity index (χ2v) is 7.47. The molecule has 0 aromatic rings. The zero-order valence-corrected chi connectivity index (χ0v) is 13.4. The lowest BCUT2D eigenvalue weighted by molar-refractivity contribution is -0.185. The third-order valence-electron chi connectivity index (χ3n) is 6.11. The molecule has 3 aliphatic rings. The molecular weight excluding hydrogens is 268 g/mol. The number of likely N-dealkylation sites (tertiary alicyclic amines) is 1. The molecule has 5 heteroatoms. The van der Waals surface area contributed by atoms with E-state index in [9.17, 15) is 4.79 Å². The molecule has 2 saturated heterocycles. The van der Waals surface area contributed by atoms with Crippen molar-refractivity contribution in [2.75, 3.05) is 33.4 Å². The Labute approximate surface area is 127 Å². The molecule has 3 fully saturated rings. The van der Waals surface area contributed by atoms with Crippen LogP contribution in [0.5, 0.6) is 0 Å². The molecule has 0 spiro atoms. The summed E-state index contributed by atoms with van der Waals surface area (Å²) >= 11 is 0. The maximum atomic E-state index is 13.0. The lowest BCUT2D eigenvalue weighted by atomic mass is 9.47. The minimum atomic E-state index is -0.748. The summed E-state index contributed by atoms with van der Waals surface area (Å²) in [6, 6.07) is 0. The zero-order valence-electron chi connectivity index (χ0n) is 13.4. The average Bonchev–Trinajstić information content (AvgIpc) is 2.95. The third kappa shape index (κ3) is 2.05. The van der Waals surface area contributed by atoms with Crippen molar-refractivity contribution in [2.45, 2.75) is 44.8 Å². The van der Waals surface area contributed by atoms with Crippen LogP contribution in [0, 0.1) is 17.3 Å². The molecule has 2 aliphatic heterocycles. The Bertz CT molecular complexity index is 418. The van der Waals surface area contributed by atoms with E-state index in [4.69, 9.17) is 15.2 Å². The summed E-state index contributed by atoms with van der Waals surface area (Å²) in [6.45, 7) is 7.30. The van der Waals surface area contributed by atoms with Gasteiger partial charge in [0, 0.05) is 44.7 Å². The van der Waals surface area contributed by atoms with Crippen LogP contribution >= 0.6 is 0 Å². The lowest BCUT2D eigenvalue weighted by Gasteiger charge is -2.62. The maximum Gasteiger partial charge on any atom is 0.243 e. The van der Waals surface area contributed by atoms with Crippen molar-refractivity contribution in [1.29, 1.82) is 0 Å². The minimum absolute atomic E-state index is 0.134. The number of carbonyl (C=O) groups excluding carboxylic acids is 1. The van der Waals surface area contributed by atoms with Gasteiger partial charge in [0.05, 0.1) is 6.10 Å². The Kier molecular flexibility index (Phi) is 3.79. The summed E-state index contributed by atoms with van der Waals surface area (Å²) in [5, 5.41) is 0. The van der Waals surface area contributed by atoms with Crippen molar-refractivity contribution in [3.8, 4) is 0 Å². The number of nitrogens with two attached hydrogens (primary N) is 1. The van der Waals surface area contributed by atoms with Crippen molar-refractivity contribution >= 4 is 5.91 Å². The number of hydrogen-bond donors (Lipinski definition) is 1. The van der Waals surface area contributed by atoms with E-state index in [1.54, 1.807) is 7.11 Å². The molecular formula is C16H28N2O3. The van der Waals surface area contributed by atoms with Gasteiger partial charge in [0.15, 0.2) is 0 Å². The van der Waals surface area contributed by atoms with Gasteiger partial charge in [-0.2, -0.15) is 0 Å². The van der Waals surface area contributed by atoms with Gasteiger partial charge in [-0.3, -0.25) is 4.79 Å². The van der Waals surface area contributed by atoms with Crippen molar-refractivity contribution < 1.29 is 14.3 Å². The SMILES string of the molecule is COCC1CCN(C(=O)C2(N)C3CCOC3C2(C)C)CC1. The highest BCUT2D eigenvalue weighted by atomic mass is 16.5. The van der Waals surface area contributed by atoms with Crippen molar-refractivity contribution in [3.05, 3.63) is 0 Å². The number of nitrogens with zero attached hydrogens (tertiary/aromatic N) is 1. The number of carbonyl (C=O) groups is 1. The van der Waals surface area contributed by atoms with E-state index in [0.29, 0.717) is 5.92 Å². The third-order valence-corrected chi connectivity index (χ3v) is 6.11. The fourth-order valence-electron chi connectivity index (χ4n) is 4.62. The molecule has 0 radical (unpaired) electrons. The van der Waals surface area contributed by atoms with Crippen molar-refractivity contribution in [1.82, 2.24) is 4.90 Å². The molecule has 2 heterocycles. The molecule has 21 heavy (non-hydrogen) atoms. The van der Waals surface area contributed by atoms with Gasteiger partial charge in [-0.25, -0.2) is 0 Å². The van der Waals surface area contributed by atoms with Gasteiger partial charge in [-0.1, -0.05) is 13.8 Å². The highest BCUT2D eigenvalue weighted by Gasteiger charge is 2.71. The highest BCUT2D eigenvalue weighted by molar-refractivity contribution is 5.89. The fourth-order valence-corrected chi connectivity index (χ4v) is 4.62. The first-order chi connectivity index (χ1) is 9.92. The first-order valence-electron chi connectivity index (χ1n) is 8.11. The predicted molar refractivity (Wildman–Crippen MR) is 79.7 cm³/mol. The molecule has 3 rings (SSSR count). The summed E-state index contributed by atoms with van der Waals surface area (Å²) in [7, 11) is 1.74. The molecule has 5 nitrogen and oxygen atoms in total. The number of ether oxygens (including phenoxy) is 2. The average molecular weight is 296 g/mol. The number of hydrogen-bond acceptors (Lipinski definition) is 4. The smallest absolute Gasteiger partial charge is 0.243 e. The molecule has 3 atom stereocenters. The monoisotopic (exact) mass is 296 g/mol. The molecule has 0 aromatic heterocycles. The number of amides is 1. The van der Waals surface area contributed by atoms with E-state index in [1.807, 2.05) is 4.90 Å². The second-order valence-electron chi connectivity index (χ2n) is 7.47. The van der Waals surface area contributed by atoms with Crippen LogP contribution in [-0.4, -0.2) is 55.9 Å². The fraction of sp³-hybridized carbons (Fsp3) is 0.938. The van der Waals surface area contributed by atoms with Crippen LogP contribution in [0.4, 0.5) is 0 Å². The first kappa shape index (κ1) is 15.3. The lowest BCUT2D eigenvalue weighted by Crippen LogP contribution is -2.80. The van der Waals surface area contributed by atoms with Gasteiger partial charge in [0.25, 0.3) is 0 Å². The summed E-state index contributed by atoms with van der Waals surface area (Å²) in [5.41, 5.74) is 5.62. The first-order valence-corrected chi connectivity index (χ1v) is 8.11. The van der Waals surface area contributed by atoms with Crippen LogP contribution in [0.1, 0.15) is 33.1 Å². The largest absolute Gasteiger partial charge is 0.384 e. The van der Waals surface area contributed by atoms with Crippen LogP contribution in [0.2, 0.25) is 0 Å². The second kappa shape index (κ2) is 5.21. The topological polar surface area (TPSA) is 64.8 Å². The molecule has 2 N–H and O–H groups in total. The molecule has 3 unspecified atom stereocenters. The molecule has 1 saturated carbocycles. The van der Waals surface area contributed by atoms with Crippen molar-refractivity contribution in [3.63, 3.8) is 0 Å². The summed E-state index contributed by atoms with van der Waals surface area (Å²) in [6.07, 6.45) is 3.09. The molecule has 1 amide bonds. The summed E-state index contributed by atoms with van der Waals surface area (Å²) in [5.74, 6) is 0.900. The molecule has 120 valence electrons. The number of methoxy groups -OCH3 is 1. The molecule has 0 bridgehead atoms. The number of piperidine rings is 1. The van der Waals surface area contributed by atoms with Crippen LogP contribution in [0.3, 0.4) is 0 Å². The van der Waals surface area contributed by atoms with E-state index < -0.39 is 5.54 Å². The molecule has 0 aromatic carbocycles. The Hall–Kier alpha value is -0.650. The van der Waals surface area contributed by atoms with Crippen molar-refractivity contribution in [2.24, 2.45) is 23.0 Å². The van der Waals surface area contributed by atoms with Crippen LogP contribution in [0.15, 0.2) is 0 Å². The predicted octanol–water partition coefficient (Wildman–Crippen LogP) is 1.01. The van der Waals surface area contributed by atoms with E-state index in [1.165, 1.54) is 0 Å². The highest BCUT2D eigenvalue weighted by Crippen LogP contribution is 2.58. The maximum absolute atomic E-state index is 13.0. The van der Waals surface area contributed by atoms with E-state index >= 15 is 0 Å². The van der Waals surface area contributed by atoms with Gasteiger partial charge in [0.1, 0.15) is 5.54 Å². The normalized spacial score (nSPS) is 39.0. The van der Waals surface area contributed by atoms with E-state index in [0.717, 1.165) is 45.6 Å². The summed E-state index contributed by atoms with van der Waals surface area (Å²) in [4.78, 5) is 15.0.